The molecule has 0 saturated carbocycles. The van der Waals surface area contributed by atoms with Crippen molar-refractivity contribution in [3.8, 4) is 5.75 Å². The molecule has 0 saturated heterocycles. The third-order valence-corrected chi connectivity index (χ3v) is 4.51. The molecule has 0 bridgehead atoms. The van der Waals surface area contributed by atoms with Gasteiger partial charge in [0.25, 0.3) is 0 Å². The van der Waals surface area contributed by atoms with Crippen molar-refractivity contribution in [3.63, 3.8) is 0 Å². The van der Waals surface area contributed by atoms with Gasteiger partial charge < -0.3 is 10.1 Å². The second-order valence-corrected chi connectivity index (χ2v) is 5.87. The summed E-state index contributed by atoms with van der Waals surface area (Å²) in [5.41, 5.74) is 5.11. The van der Waals surface area contributed by atoms with Crippen LogP contribution in [-0.4, -0.2) is 23.1 Å². The second-order valence-electron chi connectivity index (χ2n) is 5.87. The smallest absolute Gasteiger partial charge is 0.132 e. The lowest BCUT2D eigenvalue weighted by molar-refractivity contribution is 0.413. The van der Waals surface area contributed by atoms with Gasteiger partial charge in [-0.15, -0.1) is 0 Å². The lowest BCUT2D eigenvalue weighted by Gasteiger charge is -2.27. The van der Waals surface area contributed by atoms with Crippen molar-refractivity contribution in [2.24, 2.45) is 0 Å². The number of hydrogen-bond donors (Lipinski definition) is 1. The normalized spacial score (nSPS) is 17.0. The van der Waals surface area contributed by atoms with Crippen LogP contribution in [0.25, 0.3) is 0 Å². The molecule has 4 nitrogen and oxygen atoms in total. The molecule has 1 heterocycles. The van der Waals surface area contributed by atoms with Gasteiger partial charge in [0.05, 0.1) is 7.11 Å². The number of aryl methyl sites for hydroxylation is 2. The van der Waals surface area contributed by atoms with Crippen LogP contribution >= 0.6 is 0 Å². The minimum absolute atomic E-state index is 0.430. The van der Waals surface area contributed by atoms with Crippen LogP contribution in [0, 0.1) is 6.92 Å². The zero-order valence-corrected chi connectivity index (χ0v) is 13.5. The first-order valence-electron chi connectivity index (χ1n) is 7.94. The van der Waals surface area contributed by atoms with Gasteiger partial charge in [-0.05, 0) is 55.9 Å². The van der Waals surface area contributed by atoms with Gasteiger partial charge in [0, 0.05) is 17.3 Å². The van der Waals surface area contributed by atoms with E-state index in [0.29, 0.717) is 6.04 Å². The third-order valence-electron chi connectivity index (χ3n) is 4.51. The van der Waals surface area contributed by atoms with E-state index in [9.17, 15) is 0 Å². The molecular formula is C18H23N3O. The number of ether oxygens (including phenoxy) is 1. The summed E-state index contributed by atoms with van der Waals surface area (Å²) in [6.45, 7) is 4.23. The minimum Gasteiger partial charge on any atom is -0.497 e. The molecule has 0 aliphatic heterocycles. The molecule has 0 amide bonds. The molecule has 1 aliphatic rings. The van der Waals surface area contributed by atoms with E-state index < -0.39 is 0 Å². The summed E-state index contributed by atoms with van der Waals surface area (Å²) in [7, 11) is 1.72. The number of aromatic nitrogens is 2. The van der Waals surface area contributed by atoms with Gasteiger partial charge in [-0.3, -0.25) is 0 Å². The van der Waals surface area contributed by atoms with E-state index in [1.807, 2.05) is 6.07 Å². The van der Waals surface area contributed by atoms with Crippen LogP contribution in [0.1, 0.15) is 35.7 Å². The first-order chi connectivity index (χ1) is 10.7. The number of rotatable bonds is 4. The number of methoxy groups -OCH3 is 1. The molecule has 2 aromatic rings. The van der Waals surface area contributed by atoms with Gasteiger partial charge in [0.15, 0.2) is 0 Å². The van der Waals surface area contributed by atoms with Gasteiger partial charge in [0.2, 0.25) is 0 Å². The first-order valence-corrected chi connectivity index (χ1v) is 7.94. The van der Waals surface area contributed by atoms with Crippen molar-refractivity contribution in [3.05, 3.63) is 46.9 Å². The zero-order chi connectivity index (χ0) is 15.5. The zero-order valence-electron chi connectivity index (χ0n) is 13.5. The molecule has 22 heavy (non-hydrogen) atoms. The molecule has 3 rings (SSSR count). The summed E-state index contributed by atoms with van der Waals surface area (Å²) < 4.78 is 5.31. The Hall–Kier alpha value is -2.10. The summed E-state index contributed by atoms with van der Waals surface area (Å²) >= 11 is 0. The molecule has 1 aromatic carbocycles. The monoisotopic (exact) mass is 297 g/mol. The minimum atomic E-state index is 0.430. The van der Waals surface area contributed by atoms with E-state index in [0.717, 1.165) is 42.9 Å². The summed E-state index contributed by atoms with van der Waals surface area (Å²) in [6.07, 6.45) is 5.83. The van der Waals surface area contributed by atoms with Gasteiger partial charge in [-0.2, -0.15) is 0 Å². The summed E-state index contributed by atoms with van der Waals surface area (Å²) in [6, 6.07) is 6.83. The molecule has 1 N–H and O–H groups in total. The maximum absolute atomic E-state index is 5.31. The number of benzene rings is 1. The van der Waals surface area contributed by atoms with Crippen LogP contribution < -0.4 is 10.1 Å². The van der Waals surface area contributed by atoms with E-state index in [2.05, 4.69) is 41.3 Å². The third kappa shape index (κ3) is 2.91. The Labute approximate surface area is 132 Å². The molecule has 1 unspecified atom stereocenters. The van der Waals surface area contributed by atoms with Crippen LogP contribution in [-0.2, 0) is 19.3 Å². The molecule has 0 spiro atoms. The molecular weight excluding hydrogens is 274 g/mol. The second kappa shape index (κ2) is 6.34. The van der Waals surface area contributed by atoms with E-state index in [4.69, 9.17) is 4.74 Å². The van der Waals surface area contributed by atoms with Crippen molar-refractivity contribution in [2.45, 2.75) is 45.6 Å². The number of nitrogens with zero attached hydrogens (tertiary/aromatic N) is 2. The highest BCUT2D eigenvalue weighted by Gasteiger charge is 2.20. The molecule has 1 aromatic heterocycles. The van der Waals surface area contributed by atoms with E-state index in [-0.39, 0.29) is 0 Å². The summed E-state index contributed by atoms with van der Waals surface area (Å²) in [5.74, 6) is 1.93. The van der Waals surface area contributed by atoms with E-state index >= 15 is 0 Å². The standard InChI is InChI=1S/C18H23N3O/c1-4-17-12(2)18(20-11-19-17)21-15-7-5-14-10-16(22-3)8-6-13(14)9-15/h6,8,10-11,15H,4-5,7,9H2,1-3H3,(H,19,20,21). The molecule has 0 radical (unpaired) electrons. The highest BCUT2D eigenvalue weighted by Crippen LogP contribution is 2.27. The average molecular weight is 297 g/mol. The van der Waals surface area contributed by atoms with Crippen molar-refractivity contribution in [2.75, 3.05) is 12.4 Å². The molecule has 116 valence electrons. The number of nitrogens with one attached hydrogen (secondary N) is 1. The highest BCUT2D eigenvalue weighted by molar-refractivity contribution is 5.47. The van der Waals surface area contributed by atoms with E-state index in [1.165, 1.54) is 16.7 Å². The molecule has 4 heteroatoms. The Morgan fingerprint density at radius 2 is 2.14 bits per heavy atom. The van der Waals surface area contributed by atoms with Crippen molar-refractivity contribution in [1.29, 1.82) is 0 Å². The average Bonchev–Trinajstić information content (AvgIpc) is 2.56. The molecule has 1 aliphatic carbocycles. The lowest BCUT2D eigenvalue weighted by Crippen LogP contribution is -2.28. The summed E-state index contributed by atoms with van der Waals surface area (Å²) in [5, 5.41) is 3.61. The molecule has 1 atom stereocenters. The Kier molecular flexibility index (Phi) is 4.27. The Morgan fingerprint density at radius 3 is 2.91 bits per heavy atom. The fourth-order valence-electron chi connectivity index (χ4n) is 3.16. The number of fused-ring (bicyclic) bond motifs is 1. The fourth-order valence-corrected chi connectivity index (χ4v) is 3.16. The van der Waals surface area contributed by atoms with Gasteiger partial charge >= 0.3 is 0 Å². The quantitative estimate of drug-likeness (QED) is 0.940. The van der Waals surface area contributed by atoms with Crippen molar-refractivity contribution >= 4 is 5.82 Å². The Balaban J connectivity index is 1.75. The highest BCUT2D eigenvalue weighted by atomic mass is 16.5. The predicted molar refractivity (Wildman–Crippen MR) is 88.6 cm³/mol. The summed E-state index contributed by atoms with van der Waals surface area (Å²) in [4.78, 5) is 8.76. The Bertz CT molecular complexity index is 669. The maximum Gasteiger partial charge on any atom is 0.132 e. The van der Waals surface area contributed by atoms with Crippen molar-refractivity contribution < 1.29 is 4.74 Å². The largest absolute Gasteiger partial charge is 0.497 e. The maximum atomic E-state index is 5.31. The van der Waals surface area contributed by atoms with E-state index in [1.54, 1.807) is 13.4 Å². The first kappa shape index (κ1) is 14.8. The van der Waals surface area contributed by atoms with Gasteiger partial charge in [-0.1, -0.05) is 13.0 Å². The van der Waals surface area contributed by atoms with Crippen LogP contribution in [0.3, 0.4) is 0 Å². The molecule has 0 fully saturated rings. The number of anilines is 1. The fraction of sp³-hybridized carbons (Fsp3) is 0.444. The van der Waals surface area contributed by atoms with Crippen LogP contribution in [0.5, 0.6) is 5.75 Å². The van der Waals surface area contributed by atoms with Crippen LogP contribution in [0.15, 0.2) is 24.5 Å². The van der Waals surface area contributed by atoms with Crippen molar-refractivity contribution in [1.82, 2.24) is 9.97 Å². The van der Waals surface area contributed by atoms with Crippen LogP contribution in [0.4, 0.5) is 5.82 Å². The SMILES string of the molecule is CCc1ncnc(NC2CCc3cc(OC)ccc3C2)c1C. The Morgan fingerprint density at radius 1 is 1.27 bits per heavy atom. The number of hydrogen-bond acceptors (Lipinski definition) is 4. The van der Waals surface area contributed by atoms with Gasteiger partial charge in [0.1, 0.15) is 17.9 Å². The predicted octanol–water partition coefficient (Wildman–Crippen LogP) is 3.33. The van der Waals surface area contributed by atoms with Crippen LogP contribution in [0.2, 0.25) is 0 Å². The van der Waals surface area contributed by atoms with Gasteiger partial charge in [-0.25, -0.2) is 9.97 Å². The lowest BCUT2D eigenvalue weighted by atomic mass is 9.88. The topological polar surface area (TPSA) is 47.0 Å².